The predicted octanol–water partition coefficient (Wildman–Crippen LogP) is 5.03. The Balaban J connectivity index is 1.60. The number of hydrogen-bond acceptors (Lipinski definition) is 7. The van der Waals surface area contributed by atoms with Crippen LogP contribution in [0.2, 0.25) is 0 Å². The van der Waals surface area contributed by atoms with Crippen molar-refractivity contribution in [2.75, 3.05) is 7.11 Å². The molecule has 0 bridgehead atoms. The van der Waals surface area contributed by atoms with E-state index in [0.717, 1.165) is 29.3 Å². The molecule has 188 valence electrons. The molecule has 0 saturated heterocycles. The molecule has 8 nitrogen and oxygen atoms in total. The normalized spacial score (nSPS) is 17.6. The maximum atomic E-state index is 13.9. The third-order valence-electron chi connectivity index (χ3n) is 6.49. The summed E-state index contributed by atoms with van der Waals surface area (Å²) in [4.78, 5) is 4.15. The average Bonchev–Trinajstić information content (AvgIpc) is 3.44. The van der Waals surface area contributed by atoms with E-state index in [1.807, 2.05) is 22.8 Å². The van der Waals surface area contributed by atoms with Gasteiger partial charge in [0.2, 0.25) is 0 Å². The Hall–Kier alpha value is -3.79. The highest BCUT2D eigenvalue weighted by atomic mass is 19.1. The highest BCUT2D eigenvalue weighted by Gasteiger charge is 2.53. The summed E-state index contributed by atoms with van der Waals surface area (Å²) in [6.07, 6.45) is 2.63. The van der Waals surface area contributed by atoms with Gasteiger partial charge in [0.1, 0.15) is 28.7 Å². The highest BCUT2D eigenvalue weighted by molar-refractivity contribution is 5.71. The molecule has 0 saturated carbocycles. The molecule has 1 unspecified atom stereocenters. The molecule has 3 heterocycles. The quantitative estimate of drug-likeness (QED) is 0.400. The number of ether oxygens (including phenoxy) is 2. The number of methoxy groups -OCH3 is 1. The van der Waals surface area contributed by atoms with E-state index < -0.39 is 22.8 Å². The number of halogens is 2. The lowest BCUT2D eigenvalue weighted by Crippen LogP contribution is -2.55. The molecule has 36 heavy (non-hydrogen) atoms. The van der Waals surface area contributed by atoms with E-state index in [0.29, 0.717) is 48.4 Å². The van der Waals surface area contributed by atoms with Crippen LogP contribution >= 0.6 is 0 Å². The molecular weight excluding hydrogens is 470 g/mol. The molecule has 1 N–H and O–H groups in total. The summed E-state index contributed by atoms with van der Waals surface area (Å²) in [7, 11) is 1.57. The summed E-state index contributed by atoms with van der Waals surface area (Å²) in [5, 5.41) is 20.1. The van der Waals surface area contributed by atoms with E-state index in [-0.39, 0.29) is 5.75 Å². The lowest BCUT2D eigenvalue weighted by Gasteiger charge is -2.44. The molecular formula is C26H26F2N4O4. The van der Waals surface area contributed by atoms with Gasteiger partial charge in [-0.2, -0.15) is 0 Å². The first-order chi connectivity index (χ1) is 17.1. The van der Waals surface area contributed by atoms with Crippen LogP contribution in [0.1, 0.15) is 38.4 Å². The molecule has 4 aromatic rings. The smallest absolute Gasteiger partial charge is 0.196 e. The second kappa shape index (κ2) is 8.70. The number of benzene rings is 2. The fourth-order valence-electron chi connectivity index (χ4n) is 4.73. The number of nitrogens with zero attached hydrogens (tertiary/aromatic N) is 4. The van der Waals surface area contributed by atoms with E-state index in [1.54, 1.807) is 34.1 Å². The largest absolute Gasteiger partial charge is 0.496 e. The Labute approximate surface area is 206 Å². The van der Waals surface area contributed by atoms with Gasteiger partial charge in [-0.25, -0.2) is 13.8 Å². The van der Waals surface area contributed by atoms with Gasteiger partial charge in [-0.3, -0.25) is 0 Å². The molecule has 0 spiro atoms. The van der Waals surface area contributed by atoms with Crippen molar-refractivity contribution < 1.29 is 27.8 Å². The van der Waals surface area contributed by atoms with Crippen LogP contribution in [0.5, 0.6) is 11.5 Å². The van der Waals surface area contributed by atoms with Crippen molar-refractivity contribution in [3.8, 4) is 34.2 Å². The topological polar surface area (TPSA) is 95.4 Å². The Bertz CT molecular complexity index is 1410. The van der Waals surface area contributed by atoms with Crippen LogP contribution in [0, 0.1) is 18.6 Å². The monoisotopic (exact) mass is 496 g/mol. The number of aliphatic hydroxyl groups is 1. The third-order valence-corrected chi connectivity index (χ3v) is 6.49. The van der Waals surface area contributed by atoms with Gasteiger partial charge in [-0.05, 0) is 38.8 Å². The second-order valence-corrected chi connectivity index (χ2v) is 9.35. The minimum atomic E-state index is -1.45. The van der Waals surface area contributed by atoms with Gasteiger partial charge >= 0.3 is 0 Å². The molecule has 0 aliphatic carbocycles. The van der Waals surface area contributed by atoms with Gasteiger partial charge in [-0.1, -0.05) is 6.07 Å². The number of hydrogen-bond donors (Lipinski definition) is 1. The van der Waals surface area contributed by atoms with E-state index >= 15 is 0 Å². The van der Waals surface area contributed by atoms with Crippen LogP contribution in [0.3, 0.4) is 0 Å². The first-order valence-corrected chi connectivity index (χ1v) is 11.5. The van der Waals surface area contributed by atoms with Gasteiger partial charge < -0.3 is 23.6 Å². The first kappa shape index (κ1) is 23.9. The Morgan fingerprint density at radius 3 is 2.50 bits per heavy atom. The zero-order valence-corrected chi connectivity index (χ0v) is 20.4. The highest BCUT2D eigenvalue weighted by Crippen LogP contribution is 2.45. The predicted molar refractivity (Wildman–Crippen MR) is 126 cm³/mol. The van der Waals surface area contributed by atoms with Crippen molar-refractivity contribution >= 4 is 0 Å². The van der Waals surface area contributed by atoms with Gasteiger partial charge in [0.25, 0.3) is 0 Å². The van der Waals surface area contributed by atoms with Crippen molar-refractivity contribution in [1.29, 1.82) is 0 Å². The summed E-state index contributed by atoms with van der Waals surface area (Å²) in [5.74, 6) is 1.02. The Morgan fingerprint density at radius 1 is 1.11 bits per heavy atom. The molecule has 1 aliphatic heterocycles. The van der Waals surface area contributed by atoms with E-state index in [4.69, 9.17) is 13.9 Å². The van der Waals surface area contributed by atoms with Crippen molar-refractivity contribution in [3.05, 3.63) is 65.9 Å². The van der Waals surface area contributed by atoms with Gasteiger partial charge in [0.05, 0.1) is 18.9 Å². The minimum absolute atomic E-state index is 0.0407. The second-order valence-electron chi connectivity index (χ2n) is 9.35. The molecule has 2 aromatic carbocycles. The maximum Gasteiger partial charge on any atom is 0.196 e. The van der Waals surface area contributed by atoms with Crippen molar-refractivity contribution in [2.24, 2.45) is 0 Å². The molecule has 0 radical (unpaired) electrons. The number of aromatic nitrogens is 4. The summed E-state index contributed by atoms with van der Waals surface area (Å²) in [5.41, 5.74) is -1.38. The van der Waals surface area contributed by atoms with E-state index in [2.05, 4.69) is 15.2 Å². The molecule has 0 amide bonds. The van der Waals surface area contributed by atoms with Crippen LogP contribution in [0.4, 0.5) is 8.78 Å². The zero-order chi connectivity index (χ0) is 25.7. The number of aryl methyl sites for hydroxylation is 1. The van der Waals surface area contributed by atoms with Crippen molar-refractivity contribution in [2.45, 2.75) is 51.4 Å². The van der Waals surface area contributed by atoms with Crippen molar-refractivity contribution in [1.82, 2.24) is 19.7 Å². The zero-order valence-electron chi connectivity index (χ0n) is 20.4. The van der Waals surface area contributed by atoms with Crippen molar-refractivity contribution in [3.63, 3.8) is 0 Å². The van der Waals surface area contributed by atoms with Crippen LogP contribution in [0.15, 0.2) is 47.0 Å². The SMILES string of the molecule is COc1cc(-c2nnc3n2CCCC3(Oc2cc(F)cc(F)c2)C(C)(C)O)ccc1-c1cnc(C)o1. The summed E-state index contributed by atoms with van der Waals surface area (Å²) in [6.45, 7) is 5.51. The molecule has 0 fully saturated rings. The molecule has 5 rings (SSSR count). The summed E-state index contributed by atoms with van der Waals surface area (Å²) in [6, 6.07) is 8.49. The number of oxazole rings is 1. The third kappa shape index (κ3) is 4.01. The fraction of sp³-hybridized carbons (Fsp3) is 0.346. The number of rotatable bonds is 6. The summed E-state index contributed by atoms with van der Waals surface area (Å²) < 4.78 is 47.1. The summed E-state index contributed by atoms with van der Waals surface area (Å²) >= 11 is 0. The molecule has 10 heteroatoms. The maximum absolute atomic E-state index is 13.9. The van der Waals surface area contributed by atoms with Crippen LogP contribution in [0.25, 0.3) is 22.7 Å². The van der Waals surface area contributed by atoms with E-state index in [9.17, 15) is 13.9 Å². The van der Waals surface area contributed by atoms with Gasteiger partial charge in [0, 0.05) is 37.2 Å². The van der Waals surface area contributed by atoms with Gasteiger partial charge in [0.15, 0.2) is 28.9 Å². The Kier molecular flexibility index (Phi) is 5.78. The fourth-order valence-corrected chi connectivity index (χ4v) is 4.73. The molecule has 1 atom stereocenters. The van der Waals surface area contributed by atoms with Gasteiger partial charge in [-0.15, -0.1) is 10.2 Å². The minimum Gasteiger partial charge on any atom is -0.496 e. The first-order valence-electron chi connectivity index (χ1n) is 11.5. The Morgan fingerprint density at radius 2 is 1.86 bits per heavy atom. The average molecular weight is 497 g/mol. The van der Waals surface area contributed by atoms with Crippen LogP contribution in [-0.4, -0.2) is 37.6 Å². The van der Waals surface area contributed by atoms with E-state index in [1.165, 1.54) is 0 Å². The van der Waals surface area contributed by atoms with Crippen LogP contribution in [-0.2, 0) is 12.1 Å². The lowest BCUT2D eigenvalue weighted by molar-refractivity contribution is -0.137. The number of fused-ring (bicyclic) bond motifs is 1. The standard InChI is InChI=1S/C26H26F2N4O4/c1-15-29-14-22(35-15)20-7-6-16(10-21(20)34-4)23-30-31-24-26(25(2,3)33,8-5-9-32(23)24)36-19-12-17(27)11-18(28)13-19/h6-7,10-14,33H,5,8-9H2,1-4H3. The molecule has 1 aliphatic rings. The molecule has 2 aromatic heterocycles. The lowest BCUT2D eigenvalue weighted by atomic mass is 9.79. The van der Waals surface area contributed by atoms with Crippen LogP contribution < -0.4 is 9.47 Å².